The Balaban J connectivity index is 4.41. The van der Waals surface area contributed by atoms with Crippen molar-refractivity contribution in [2.24, 2.45) is 0 Å². The number of ether oxygens (including phenoxy) is 3. The summed E-state index contributed by atoms with van der Waals surface area (Å²) in [7, 11) is 0. The maximum Gasteiger partial charge on any atom is 0.306 e. The van der Waals surface area contributed by atoms with Crippen molar-refractivity contribution in [3.05, 3.63) is 60.8 Å². The van der Waals surface area contributed by atoms with Crippen molar-refractivity contribution in [3.8, 4) is 0 Å². The summed E-state index contributed by atoms with van der Waals surface area (Å²) in [5, 5.41) is 0. The summed E-state index contributed by atoms with van der Waals surface area (Å²) >= 11 is 0. The molecule has 0 amide bonds. The van der Waals surface area contributed by atoms with Crippen LogP contribution < -0.4 is 0 Å². The number of esters is 3. The molecule has 0 saturated heterocycles. The lowest BCUT2D eigenvalue weighted by Crippen LogP contribution is -2.30. The van der Waals surface area contributed by atoms with Gasteiger partial charge in [-0.05, 0) is 103 Å². The van der Waals surface area contributed by atoms with Crippen LogP contribution >= 0.6 is 0 Å². The molecule has 0 saturated carbocycles. The van der Waals surface area contributed by atoms with E-state index in [4.69, 9.17) is 14.2 Å². The third-order valence-corrected chi connectivity index (χ3v) is 11.4. The predicted octanol–water partition coefficient (Wildman–Crippen LogP) is 17.6. The second kappa shape index (κ2) is 51.7. The van der Waals surface area contributed by atoms with Gasteiger partial charge in [-0.3, -0.25) is 14.4 Å². The zero-order valence-electron chi connectivity index (χ0n) is 41.6. The summed E-state index contributed by atoms with van der Waals surface area (Å²) in [6.45, 7) is 6.53. The highest BCUT2D eigenvalue weighted by Crippen LogP contribution is 2.14. The zero-order valence-corrected chi connectivity index (χ0v) is 41.6. The van der Waals surface area contributed by atoms with E-state index in [1.54, 1.807) is 0 Å². The van der Waals surface area contributed by atoms with Gasteiger partial charge in [0.1, 0.15) is 13.2 Å². The molecule has 0 N–H and O–H groups in total. The van der Waals surface area contributed by atoms with E-state index in [-0.39, 0.29) is 31.1 Å². The fourth-order valence-electron chi connectivity index (χ4n) is 7.39. The molecule has 0 aliphatic heterocycles. The van der Waals surface area contributed by atoms with Gasteiger partial charge < -0.3 is 14.2 Å². The Morgan fingerprint density at radius 3 is 0.984 bits per heavy atom. The van der Waals surface area contributed by atoms with Crippen molar-refractivity contribution in [3.63, 3.8) is 0 Å². The molecule has 0 fully saturated rings. The van der Waals surface area contributed by atoms with Gasteiger partial charge >= 0.3 is 17.9 Å². The maximum atomic E-state index is 12.8. The van der Waals surface area contributed by atoms with Crippen molar-refractivity contribution in [1.29, 1.82) is 0 Å². The van der Waals surface area contributed by atoms with Crippen LogP contribution in [-0.2, 0) is 28.6 Å². The largest absolute Gasteiger partial charge is 0.462 e. The lowest BCUT2D eigenvalue weighted by molar-refractivity contribution is -0.167. The molecule has 0 bridgehead atoms. The normalized spacial score (nSPS) is 12.5. The summed E-state index contributed by atoms with van der Waals surface area (Å²) in [4.78, 5) is 38.0. The van der Waals surface area contributed by atoms with E-state index in [0.29, 0.717) is 19.3 Å². The summed E-state index contributed by atoms with van der Waals surface area (Å²) < 4.78 is 16.8. The zero-order chi connectivity index (χ0) is 45.8. The smallest absolute Gasteiger partial charge is 0.306 e. The molecular formula is C57H100O6. The Kier molecular flexibility index (Phi) is 49.4. The molecule has 0 radical (unpaired) electrons. The van der Waals surface area contributed by atoms with Crippen LogP contribution in [-0.4, -0.2) is 37.2 Å². The van der Waals surface area contributed by atoms with Gasteiger partial charge in [-0.1, -0.05) is 204 Å². The van der Waals surface area contributed by atoms with Crippen LogP contribution in [0.3, 0.4) is 0 Å². The molecule has 0 aliphatic carbocycles. The van der Waals surface area contributed by atoms with Crippen LogP contribution in [0.1, 0.15) is 265 Å². The molecular weight excluding hydrogens is 781 g/mol. The summed E-state index contributed by atoms with van der Waals surface area (Å²) in [6, 6.07) is 0. The molecule has 0 heterocycles. The number of allylic oxidation sites excluding steroid dienone is 10. The lowest BCUT2D eigenvalue weighted by atomic mass is 10.1. The Hall–Kier alpha value is -2.89. The number of hydrogen-bond acceptors (Lipinski definition) is 6. The highest BCUT2D eigenvalue weighted by atomic mass is 16.6. The van der Waals surface area contributed by atoms with Crippen molar-refractivity contribution in [2.45, 2.75) is 271 Å². The highest BCUT2D eigenvalue weighted by molar-refractivity contribution is 5.71. The number of carbonyl (C=O) groups is 3. The minimum Gasteiger partial charge on any atom is -0.462 e. The van der Waals surface area contributed by atoms with Crippen LogP contribution in [0.25, 0.3) is 0 Å². The van der Waals surface area contributed by atoms with Gasteiger partial charge in [-0.25, -0.2) is 0 Å². The predicted molar refractivity (Wildman–Crippen MR) is 270 cm³/mol. The Labute approximate surface area is 390 Å². The Bertz CT molecular complexity index is 1150. The minimum absolute atomic E-state index is 0.0875. The second-order valence-corrected chi connectivity index (χ2v) is 17.8. The number of hydrogen-bond donors (Lipinski definition) is 0. The molecule has 6 heteroatoms. The second-order valence-electron chi connectivity index (χ2n) is 17.8. The molecule has 6 nitrogen and oxygen atoms in total. The van der Waals surface area contributed by atoms with Crippen molar-refractivity contribution < 1.29 is 28.6 Å². The molecule has 0 rings (SSSR count). The molecule has 0 aromatic heterocycles. The van der Waals surface area contributed by atoms with Gasteiger partial charge in [0.25, 0.3) is 0 Å². The molecule has 364 valence electrons. The van der Waals surface area contributed by atoms with Crippen molar-refractivity contribution in [1.82, 2.24) is 0 Å². The average molecular weight is 881 g/mol. The Morgan fingerprint density at radius 1 is 0.317 bits per heavy atom. The first-order valence-corrected chi connectivity index (χ1v) is 26.8. The van der Waals surface area contributed by atoms with Crippen LogP contribution in [0.15, 0.2) is 60.8 Å². The number of rotatable bonds is 48. The maximum absolute atomic E-state index is 12.8. The van der Waals surface area contributed by atoms with Crippen LogP contribution in [0, 0.1) is 0 Å². The van der Waals surface area contributed by atoms with Crippen LogP contribution in [0.4, 0.5) is 0 Å². The third-order valence-electron chi connectivity index (χ3n) is 11.4. The SMILES string of the molecule is CCC/C=C\C/C=C\CCCCCCCC(=O)OCC(COC(=O)CCCCCCC/C=C\C/C=C\CCCCC)OC(=O)CCCCCCCCC/C=C\CCCCCCCC. The van der Waals surface area contributed by atoms with Crippen molar-refractivity contribution in [2.75, 3.05) is 13.2 Å². The van der Waals surface area contributed by atoms with E-state index < -0.39 is 6.10 Å². The molecule has 0 spiro atoms. The molecule has 1 unspecified atom stereocenters. The molecule has 63 heavy (non-hydrogen) atoms. The highest BCUT2D eigenvalue weighted by Gasteiger charge is 2.19. The fourth-order valence-corrected chi connectivity index (χ4v) is 7.39. The number of carbonyl (C=O) groups excluding carboxylic acids is 3. The first kappa shape index (κ1) is 60.1. The number of unbranched alkanes of at least 4 members (excludes halogenated alkanes) is 27. The molecule has 1 atom stereocenters. The van der Waals surface area contributed by atoms with E-state index in [9.17, 15) is 14.4 Å². The molecule has 0 aromatic carbocycles. The van der Waals surface area contributed by atoms with Gasteiger partial charge in [0.05, 0.1) is 0 Å². The third kappa shape index (κ3) is 50.0. The van der Waals surface area contributed by atoms with E-state index in [0.717, 1.165) is 103 Å². The van der Waals surface area contributed by atoms with E-state index in [2.05, 4.69) is 81.5 Å². The first-order chi connectivity index (χ1) is 31.0. The van der Waals surface area contributed by atoms with Gasteiger partial charge in [0, 0.05) is 19.3 Å². The summed E-state index contributed by atoms with van der Waals surface area (Å²) in [6.07, 6.45) is 63.4. The summed E-state index contributed by atoms with van der Waals surface area (Å²) in [5.74, 6) is -0.913. The van der Waals surface area contributed by atoms with Crippen molar-refractivity contribution >= 4 is 17.9 Å². The topological polar surface area (TPSA) is 78.9 Å². The summed E-state index contributed by atoms with van der Waals surface area (Å²) in [5.41, 5.74) is 0. The molecule has 0 aromatic rings. The van der Waals surface area contributed by atoms with Crippen LogP contribution in [0.5, 0.6) is 0 Å². The fraction of sp³-hybridized carbons (Fsp3) is 0.772. The monoisotopic (exact) mass is 881 g/mol. The average Bonchev–Trinajstić information content (AvgIpc) is 3.28. The van der Waals surface area contributed by atoms with E-state index in [1.165, 1.54) is 122 Å². The molecule has 0 aliphatic rings. The van der Waals surface area contributed by atoms with Gasteiger partial charge in [0.2, 0.25) is 0 Å². The quantitative estimate of drug-likeness (QED) is 0.0262. The van der Waals surface area contributed by atoms with Gasteiger partial charge in [-0.15, -0.1) is 0 Å². The van der Waals surface area contributed by atoms with Gasteiger partial charge in [0.15, 0.2) is 6.10 Å². The minimum atomic E-state index is -0.787. The van der Waals surface area contributed by atoms with E-state index >= 15 is 0 Å². The lowest BCUT2D eigenvalue weighted by Gasteiger charge is -2.18. The standard InChI is InChI=1S/C57H100O6/c1-4-7-10-13-16-19-22-25-27-28-30-33-36-39-42-45-48-51-57(60)63-54(52-61-55(58)49-46-43-40-37-34-31-24-21-18-15-12-9-6-3)53-62-56(59)50-47-44-41-38-35-32-29-26-23-20-17-14-11-8-5-2/h12,15,17,20-21,24-27,29,54H,4-11,13-14,16,18-19,22-23,28,30-53H2,1-3H3/b15-12-,20-17-,24-21-,27-25-,29-26-. The van der Waals surface area contributed by atoms with Gasteiger partial charge in [-0.2, -0.15) is 0 Å². The Morgan fingerprint density at radius 2 is 0.603 bits per heavy atom. The van der Waals surface area contributed by atoms with E-state index in [1.807, 2.05) is 0 Å². The van der Waals surface area contributed by atoms with Crippen LogP contribution in [0.2, 0.25) is 0 Å². The first-order valence-electron chi connectivity index (χ1n) is 26.8.